The summed E-state index contributed by atoms with van der Waals surface area (Å²) in [6.45, 7) is 4.02. The fourth-order valence-corrected chi connectivity index (χ4v) is 3.47. The van der Waals surface area contributed by atoms with Crippen LogP contribution in [0.25, 0.3) is 11.3 Å². The Morgan fingerprint density at radius 1 is 1.14 bits per heavy atom. The fourth-order valence-electron chi connectivity index (χ4n) is 2.09. The number of nitrogens with one attached hydrogen (secondary N) is 1. The lowest BCUT2D eigenvalue weighted by atomic mass is 10.2. The number of halogens is 4. The molecular formula is C13H15Cl4N3S. The molecule has 1 fully saturated rings. The normalized spacial score (nSPS) is 14.3. The molecule has 1 saturated heterocycles. The van der Waals surface area contributed by atoms with Crippen molar-refractivity contribution in [2.24, 2.45) is 0 Å². The van der Waals surface area contributed by atoms with E-state index in [0.29, 0.717) is 10.0 Å². The standard InChI is InChI=1S/C13H13Cl2N3S.2ClH/c14-9-1-2-10(11(15)7-9)12-8-19-13(17-12)18-5-3-16-4-6-18;;/h1-2,7-8,16H,3-6H2;2*1H. The van der Waals surface area contributed by atoms with Crippen LogP contribution >= 0.6 is 59.4 Å². The molecule has 1 N–H and O–H groups in total. The van der Waals surface area contributed by atoms with E-state index in [4.69, 9.17) is 23.2 Å². The van der Waals surface area contributed by atoms with Crippen LogP contribution in [0.5, 0.6) is 0 Å². The molecule has 1 aliphatic rings. The third kappa shape index (κ3) is 4.38. The molecular weight excluding hydrogens is 372 g/mol. The van der Waals surface area contributed by atoms with Crippen molar-refractivity contribution in [1.82, 2.24) is 10.3 Å². The SMILES string of the molecule is Cl.Cl.Clc1ccc(-c2csc(N3CCNCC3)n2)c(Cl)c1. The Labute approximate surface area is 150 Å². The van der Waals surface area contributed by atoms with Crippen LogP contribution < -0.4 is 10.2 Å². The summed E-state index contributed by atoms with van der Waals surface area (Å²) in [5, 5.41) is 7.73. The van der Waals surface area contributed by atoms with Gasteiger partial charge in [-0.05, 0) is 18.2 Å². The van der Waals surface area contributed by atoms with Gasteiger partial charge in [0, 0.05) is 42.1 Å². The van der Waals surface area contributed by atoms with Crippen molar-refractivity contribution in [1.29, 1.82) is 0 Å². The molecule has 1 aliphatic heterocycles. The average Bonchev–Trinajstić information content (AvgIpc) is 2.89. The molecule has 0 aliphatic carbocycles. The lowest BCUT2D eigenvalue weighted by Crippen LogP contribution is -2.43. The summed E-state index contributed by atoms with van der Waals surface area (Å²) < 4.78 is 0. The molecule has 2 heterocycles. The minimum atomic E-state index is 0. The number of nitrogens with zero attached hydrogens (tertiary/aromatic N) is 2. The van der Waals surface area contributed by atoms with Crippen LogP contribution in [0.2, 0.25) is 10.0 Å². The Morgan fingerprint density at radius 2 is 1.86 bits per heavy atom. The predicted octanol–water partition coefficient (Wildman–Crippen LogP) is 4.37. The van der Waals surface area contributed by atoms with Gasteiger partial charge in [0.15, 0.2) is 5.13 Å². The molecule has 0 atom stereocenters. The number of benzene rings is 1. The topological polar surface area (TPSA) is 28.2 Å². The summed E-state index contributed by atoms with van der Waals surface area (Å²) in [6.07, 6.45) is 0. The lowest BCUT2D eigenvalue weighted by molar-refractivity contribution is 0.588. The molecule has 21 heavy (non-hydrogen) atoms. The van der Waals surface area contributed by atoms with E-state index in [1.54, 1.807) is 17.4 Å². The van der Waals surface area contributed by atoms with Gasteiger partial charge >= 0.3 is 0 Å². The largest absolute Gasteiger partial charge is 0.346 e. The number of anilines is 1. The fraction of sp³-hybridized carbons (Fsp3) is 0.308. The van der Waals surface area contributed by atoms with Gasteiger partial charge in [-0.3, -0.25) is 0 Å². The molecule has 0 bridgehead atoms. The highest BCUT2D eigenvalue weighted by molar-refractivity contribution is 7.14. The van der Waals surface area contributed by atoms with E-state index in [2.05, 4.69) is 15.2 Å². The van der Waals surface area contributed by atoms with Gasteiger partial charge in [-0.2, -0.15) is 0 Å². The predicted molar refractivity (Wildman–Crippen MR) is 97.1 cm³/mol. The van der Waals surface area contributed by atoms with Crippen molar-refractivity contribution < 1.29 is 0 Å². The van der Waals surface area contributed by atoms with E-state index in [1.165, 1.54) is 0 Å². The minimum Gasteiger partial charge on any atom is -0.346 e. The van der Waals surface area contributed by atoms with Crippen LogP contribution in [-0.2, 0) is 0 Å². The Kier molecular flexibility index (Phi) is 7.54. The monoisotopic (exact) mass is 385 g/mol. The van der Waals surface area contributed by atoms with Crippen molar-refractivity contribution >= 4 is 64.5 Å². The van der Waals surface area contributed by atoms with Gasteiger partial charge in [-0.25, -0.2) is 4.98 Å². The first-order chi connectivity index (χ1) is 9.24. The maximum atomic E-state index is 6.22. The van der Waals surface area contributed by atoms with Crippen LogP contribution in [-0.4, -0.2) is 31.2 Å². The maximum Gasteiger partial charge on any atom is 0.185 e. The summed E-state index contributed by atoms with van der Waals surface area (Å²) in [6, 6.07) is 5.51. The first-order valence-corrected chi connectivity index (χ1v) is 7.74. The molecule has 0 saturated carbocycles. The number of thiazole rings is 1. The number of aromatic nitrogens is 1. The van der Waals surface area contributed by atoms with Crippen molar-refractivity contribution in [3.8, 4) is 11.3 Å². The van der Waals surface area contributed by atoms with Gasteiger partial charge in [0.05, 0.1) is 10.7 Å². The van der Waals surface area contributed by atoms with Gasteiger partial charge in [0.25, 0.3) is 0 Å². The molecule has 2 aromatic rings. The zero-order valence-electron chi connectivity index (χ0n) is 11.0. The van der Waals surface area contributed by atoms with E-state index in [9.17, 15) is 0 Å². The summed E-state index contributed by atoms with van der Waals surface area (Å²) in [7, 11) is 0. The highest BCUT2D eigenvalue weighted by Gasteiger charge is 2.15. The first-order valence-electron chi connectivity index (χ1n) is 6.10. The third-order valence-corrected chi connectivity index (χ3v) is 4.54. The van der Waals surface area contributed by atoms with Crippen molar-refractivity contribution in [3.05, 3.63) is 33.6 Å². The minimum absolute atomic E-state index is 0. The molecule has 116 valence electrons. The second-order valence-corrected chi connectivity index (χ2v) is 6.06. The third-order valence-electron chi connectivity index (χ3n) is 3.09. The summed E-state index contributed by atoms with van der Waals surface area (Å²) >= 11 is 13.8. The van der Waals surface area contributed by atoms with E-state index in [0.717, 1.165) is 42.6 Å². The summed E-state index contributed by atoms with van der Waals surface area (Å²) in [5.41, 5.74) is 1.85. The Hall–Kier alpha value is -0.230. The number of piperazine rings is 1. The van der Waals surface area contributed by atoms with Crippen LogP contribution in [0.3, 0.4) is 0 Å². The van der Waals surface area contributed by atoms with E-state index >= 15 is 0 Å². The molecule has 1 aromatic heterocycles. The Bertz CT molecular complexity index is 585. The molecule has 0 spiro atoms. The van der Waals surface area contributed by atoms with Gasteiger partial charge in [-0.15, -0.1) is 36.2 Å². The zero-order valence-corrected chi connectivity index (χ0v) is 15.0. The zero-order chi connectivity index (χ0) is 13.2. The van der Waals surface area contributed by atoms with Crippen LogP contribution in [0, 0.1) is 0 Å². The molecule has 0 unspecified atom stereocenters. The van der Waals surface area contributed by atoms with E-state index in [1.807, 2.05) is 17.5 Å². The molecule has 3 rings (SSSR count). The second kappa shape index (κ2) is 8.42. The highest BCUT2D eigenvalue weighted by atomic mass is 35.5. The van der Waals surface area contributed by atoms with E-state index in [-0.39, 0.29) is 24.8 Å². The van der Waals surface area contributed by atoms with Crippen LogP contribution in [0.15, 0.2) is 23.6 Å². The van der Waals surface area contributed by atoms with Gasteiger partial charge in [0.2, 0.25) is 0 Å². The lowest BCUT2D eigenvalue weighted by Gasteiger charge is -2.26. The Balaban J connectivity index is 0.00000110. The molecule has 0 radical (unpaired) electrons. The number of hydrogen-bond donors (Lipinski definition) is 1. The summed E-state index contributed by atoms with van der Waals surface area (Å²) in [4.78, 5) is 6.98. The Morgan fingerprint density at radius 3 is 2.52 bits per heavy atom. The quantitative estimate of drug-likeness (QED) is 0.830. The highest BCUT2D eigenvalue weighted by Crippen LogP contribution is 2.33. The first kappa shape index (κ1) is 18.8. The van der Waals surface area contributed by atoms with Gasteiger partial charge < -0.3 is 10.2 Å². The van der Waals surface area contributed by atoms with Gasteiger partial charge in [-0.1, -0.05) is 23.2 Å². The smallest absolute Gasteiger partial charge is 0.185 e. The number of rotatable bonds is 2. The maximum absolute atomic E-state index is 6.22. The average molecular weight is 387 g/mol. The molecule has 3 nitrogen and oxygen atoms in total. The molecule has 1 aromatic carbocycles. The number of hydrogen-bond acceptors (Lipinski definition) is 4. The van der Waals surface area contributed by atoms with Gasteiger partial charge in [0.1, 0.15) is 0 Å². The van der Waals surface area contributed by atoms with Crippen LogP contribution in [0.4, 0.5) is 5.13 Å². The van der Waals surface area contributed by atoms with Crippen molar-refractivity contribution in [2.45, 2.75) is 0 Å². The van der Waals surface area contributed by atoms with Crippen LogP contribution in [0.1, 0.15) is 0 Å². The van der Waals surface area contributed by atoms with Crippen molar-refractivity contribution in [2.75, 3.05) is 31.1 Å². The second-order valence-electron chi connectivity index (χ2n) is 4.38. The summed E-state index contributed by atoms with van der Waals surface area (Å²) in [5.74, 6) is 0. The van der Waals surface area contributed by atoms with Crippen molar-refractivity contribution in [3.63, 3.8) is 0 Å². The molecule has 8 heteroatoms. The molecule has 0 amide bonds. The van der Waals surface area contributed by atoms with E-state index < -0.39 is 0 Å².